The fourth-order valence-corrected chi connectivity index (χ4v) is 3.10. The van der Waals surface area contributed by atoms with E-state index in [2.05, 4.69) is 24.5 Å². The minimum Gasteiger partial charge on any atom is -0.489 e. The van der Waals surface area contributed by atoms with E-state index in [0.717, 1.165) is 22.6 Å². The zero-order valence-electron chi connectivity index (χ0n) is 13.4. The molecule has 0 N–H and O–H groups in total. The van der Waals surface area contributed by atoms with Crippen LogP contribution in [-0.4, -0.2) is 15.7 Å². The molecular formula is C17H23ClN2O. The molecule has 2 aromatic rings. The Morgan fingerprint density at radius 3 is 2.52 bits per heavy atom. The Kier molecular flexibility index (Phi) is 3.44. The number of nitrogens with zero attached hydrogens (tertiary/aromatic N) is 2. The van der Waals surface area contributed by atoms with Gasteiger partial charge >= 0.3 is 0 Å². The van der Waals surface area contributed by atoms with E-state index < -0.39 is 0 Å². The number of benzene rings is 1. The maximum absolute atomic E-state index is 6.38. The van der Waals surface area contributed by atoms with E-state index in [1.54, 1.807) is 0 Å². The zero-order chi connectivity index (χ0) is 15.4. The summed E-state index contributed by atoms with van der Waals surface area (Å²) in [7, 11) is 0. The number of fused-ring (bicyclic) bond motifs is 1. The van der Waals surface area contributed by atoms with Crippen LogP contribution in [0.4, 0.5) is 0 Å². The molecule has 1 aromatic carbocycles. The second-order valence-corrected chi connectivity index (χ2v) is 7.61. The second-order valence-electron chi connectivity index (χ2n) is 6.95. The molecule has 0 aliphatic heterocycles. The van der Waals surface area contributed by atoms with Crippen molar-refractivity contribution in [3.05, 3.63) is 24.0 Å². The van der Waals surface area contributed by atoms with E-state index in [4.69, 9.17) is 21.3 Å². The van der Waals surface area contributed by atoms with Gasteiger partial charge in [0.15, 0.2) is 0 Å². The van der Waals surface area contributed by atoms with Crippen molar-refractivity contribution in [3.8, 4) is 5.75 Å². The molecule has 3 rings (SSSR count). The third-order valence-corrected chi connectivity index (χ3v) is 4.40. The van der Waals surface area contributed by atoms with Gasteiger partial charge in [-0.05, 0) is 44.7 Å². The molecule has 2 atom stereocenters. The molecule has 1 aliphatic rings. The molecule has 0 amide bonds. The summed E-state index contributed by atoms with van der Waals surface area (Å²) in [5, 5.41) is -0.110. The number of ether oxygens (including phenoxy) is 1. The summed E-state index contributed by atoms with van der Waals surface area (Å²) in [6, 6.07) is 6.62. The number of aromatic nitrogens is 2. The molecule has 1 fully saturated rings. The summed E-state index contributed by atoms with van der Waals surface area (Å²) in [6.07, 6.45) is 1.31. The highest BCUT2D eigenvalue weighted by atomic mass is 35.5. The standard InChI is InChI=1S/C17H23ClN2O/c1-10(2)21-13-8-6-7-12-15(13)19-16(11(3)18)20(12)14-9-17(14,4)5/h6-8,10-11,14H,9H2,1-5H3. The lowest BCUT2D eigenvalue weighted by Crippen LogP contribution is -2.06. The monoisotopic (exact) mass is 306 g/mol. The molecule has 1 aliphatic carbocycles. The second kappa shape index (κ2) is 4.91. The Hall–Kier alpha value is -1.22. The molecule has 0 bridgehead atoms. The first-order valence-corrected chi connectivity index (χ1v) is 8.06. The lowest BCUT2D eigenvalue weighted by Gasteiger charge is -2.13. The smallest absolute Gasteiger partial charge is 0.147 e. The van der Waals surface area contributed by atoms with Crippen LogP contribution in [-0.2, 0) is 0 Å². The maximum atomic E-state index is 6.38. The van der Waals surface area contributed by atoms with Gasteiger partial charge < -0.3 is 9.30 Å². The fraction of sp³-hybridized carbons (Fsp3) is 0.588. The van der Waals surface area contributed by atoms with E-state index in [1.165, 1.54) is 6.42 Å². The largest absolute Gasteiger partial charge is 0.489 e. The third-order valence-electron chi connectivity index (χ3n) is 4.20. The van der Waals surface area contributed by atoms with Crippen LogP contribution in [0.1, 0.15) is 58.3 Å². The van der Waals surface area contributed by atoms with Crippen LogP contribution in [0, 0.1) is 5.41 Å². The number of para-hydroxylation sites is 1. The summed E-state index contributed by atoms with van der Waals surface area (Å²) in [5.41, 5.74) is 2.38. The summed E-state index contributed by atoms with van der Waals surface area (Å²) in [5.74, 6) is 1.79. The normalized spacial score (nSPS) is 21.8. The van der Waals surface area contributed by atoms with Gasteiger partial charge in [-0.3, -0.25) is 0 Å². The predicted molar refractivity (Wildman–Crippen MR) is 87.2 cm³/mol. The minimum absolute atomic E-state index is 0.110. The molecule has 1 aromatic heterocycles. The van der Waals surface area contributed by atoms with E-state index in [1.807, 2.05) is 32.9 Å². The summed E-state index contributed by atoms with van der Waals surface area (Å²) < 4.78 is 8.23. The van der Waals surface area contributed by atoms with Crippen LogP contribution in [0.2, 0.25) is 0 Å². The van der Waals surface area contributed by atoms with Crippen molar-refractivity contribution in [3.63, 3.8) is 0 Å². The Labute approximate surface area is 131 Å². The highest BCUT2D eigenvalue weighted by Gasteiger charge is 2.48. The van der Waals surface area contributed by atoms with Gasteiger partial charge in [-0.2, -0.15) is 0 Å². The molecule has 0 radical (unpaired) electrons. The molecule has 2 unspecified atom stereocenters. The SMILES string of the molecule is CC(C)Oc1cccc2c1nc(C(C)Cl)n2C1CC1(C)C. The summed E-state index contributed by atoms with van der Waals surface area (Å²) >= 11 is 6.38. The lowest BCUT2D eigenvalue weighted by molar-refractivity contribution is 0.245. The first kappa shape index (κ1) is 14.7. The molecule has 114 valence electrons. The van der Waals surface area contributed by atoms with Gasteiger partial charge in [-0.15, -0.1) is 11.6 Å². The summed E-state index contributed by atoms with van der Waals surface area (Å²) in [4.78, 5) is 4.80. The van der Waals surface area contributed by atoms with Crippen molar-refractivity contribution in [1.29, 1.82) is 0 Å². The fourth-order valence-electron chi connectivity index (χ4n) is 2.95. The van der Waals surface area contributed by atoms with Crippen molar-refractivity contribution in [2.45, 2.75) is 58.6 Å². The van der Waals surface area contributed by atoms with Crippen molar-refractivity contribution >= 4 is 22.6 Å². The van der Waals surface area contributed by atoms with E-state index in [-0.39, 0.29) is 11.5 Å². The van der Waals surface area contributed by atoms with Crippen LogP contribution < -0.4 is 4.74 Å². The number of halogens is 1. The Bertz CT molecular complexity index is 673. The number of alkyl halides is 1. The van der Waals surface area contributed by atoms with Gasteiger partial charge in [0.05, 0.1) is 17.0 Å². The average Bonchev–Trinajstić information content (AvgIpc) is 2.84. The molecule has 3 nitrogen and oxygen atoms in total. The first-order valence-electron chi connectivity index (χ1n) is 7.63. The highest BCUT2D eigenvalue weighted by Crippen LogP contribution is 2.57. The topological polar surface area (TPSA) is 27.1 Å². The molecule has 0 saturated heterocycles. The molecule has 21 heavy (non-hydrogen) atoms. The minimum atomic E-state index is -0.110. The van der Waals surface area contributed by atoms with Crippen LogP contribution in [0.5, 0.6) is 5.75 Å². The highest BCUT2D eigenvalue weighted by molar-refractivity contribution is 6.20. The van der Waals surface area contributed by atoms with Crippen LogP contribution in [0.15, 0.2) is 18.2 Å². The molecular weight excluding hydrogens is 284 g/mol. The average molecular weight is 307 g/mol. The van der Waals surface area contributed by atoms with Crippen molar-refractivity contribution in [2.24, 2.45) is 5.41 Å². The van der Waals surface area contributed by atoms with Crippen LogP contribution in [0.25, 0.3) is 11.0 Å². The Morgan fingerprint density at radius 1 is 1.33 bits per heavy atom. The Balaban J connectivity index is 2.18. The number of hydrogen-bond donors (Lipinski definition) is 0. The molecule has 4 heteroatoms. The quantitative estimate of drug-likeness (QED) is 0.735. The van der Waals surface area contributed by atoms with E-state index in [9.17, 15) is 0 Å². The van der Waals surface area contributed by atoms with Crippen LogP contribution in [0.3, 0.4) is 0 Å². The van der Waals surface area contributed by atoms with Crippen molar-refractivity contribution in [2.75, 3.05) is 0 Å². The maximum Gasteiger partial charge on any atom is 0.147 e. The first-order chi connectivity index (χ1) is 9.81. The zero-order valence-corrected chi connectivity index (χ0v) is 14.1. The van der Waals surface area contributed by atoms with Gasteiger partial charge in [0.25, 0.3) is 0 Å². The number of rotatable bonds is 4. The van der Waals surface area contributed by atoms with Gasteiger partial charge in [0.1, 0.15) is 17.1 Å². The molecule has 1 saturated carbocycles. The van der Waals surface area contributed by atoms with E-state index >= 15 is 0 Å². The number of imidazole rings is 1. The molecule has 0 spiro atoms. The lowest BCUT2D eigenvalue weighted by atomic mass is 10.2. The predicted octanol–water partition coefficient (Wildman–Crippen LogP) is 5.09. The van der Waals surface area contributed by atoms with Gasteiger partial charge in [-0.1, -0.05) is 19.9 Å². The van der Waals surface area contributed by atoms with Crippen LogP contribution >= 0.6 is 11.6 Å². The number of hydrogen-bond acceptors (Lipinski definition) is 2. The Morgan fingerprint density at radius 2 is 2.00 bits per heavy atom. The van der Waals surface area contributed by atoms with Crippen molar-refractivity contribution < 1.29 is 4.74 Å². The van der Waals surface area contributed by atoms with Crippen molar-refractivity contribution in [1.82, 2.24) is 9.55 Å². The van der Waals surface area contributed by atoms with E-state index in [0.29, 0.717) is 11.5 Å². The van der Waals surface area contributed by atoms with Gasteiger partial charge in [-0.25, -0.2) is 4.98 Å². The molecule has 1 heterocycles. The van der Waals surface area contributed by atoms with Gasteiger partial charge in [0, 0.05) is 6.04 Å². The third kappa shape index (κ3) is 2.52. The summed E-state index contributed by atoms with van der Waals surface area (Å²) in [6.45, 7) is 10.6. The van der Waals surface area contributed by atoms with Gasteiger partial charge in [0.2, 0.25) is 0 Å².